The zero-order chi connectivity index (χ0) is 13.0. The van der Waals surface area contributed by atoms with Crippen LogP contribution in [0.4, 0.5) is 0 Å². The molecule has 0 saturated carbocycles. The Labute approximate surface area is 110 Å². The second kappa shape index (κ2) is 5.60. The van der Waals surface area contributed by atoms with Gasteiger partial charge in [-0.15, -0.1) is 0 Å². The average Bonchev–Trinajstić information content (AvgIpc) is 2.82. The number of para-hydroxylation sites is 1. The monoisotopic (exact) mass is 265 g/mol. The Balaban J connectivity index is 2.04. The third kappa shape index (κ3) is 2.65. The van der Waals surface area contributed by atoms with Gasteiger partial charge in [0.2, 0.25) is 5.22 Å². The van der Waals surface area contributed by atoms with Crippen LogP contribution in [0.3, 0.4) is 0 Å². The van der Waals surface area contributed by atoms with Crippen LogP contribution in [0, 0.1) is 0 Å². The van der Waals surface area contributed by atoms with Gasteiger partial charge in [-0.2, -0.15) is 0 Å². The summed E-state index contributed by atoms with van der Waals surface area (Å²) in [6.45, 7) is 0.365. The van der Waals surface area contributed by atoms with Crippen molar-refractivity contribution < 1.29 is 13.9 Å². The van der Waals surface area contributed by atoms with Crippen LogP contribution in [0.2, 0.25) is 5.22 Å². The van der Waals surface area contributed by atoms with E-state index >= 15 is 0 Å². The minimum Gasteiger partial charge on any atom is -0.496 e. The largest absolute Gasteiger partial charge is 0.496 e. The standard InChI is InChI=1S/C13H12ClNO3/c1-17-11-5-3-2-4-9(11)8-15-13(16)10-6-7-18-12(10)14/h2-7H,8H2,1H3,(H,15,16). The maximum absolute atomic E-state index is 11.8. The fourth-order valence-electron chi connectivity index (χ4n) is 1.58. The number of rotatable bonds is 4. The number of amides is 1. The number of hydrogen-bond acceptors (Lipinski definition) is 3. The smallest absolute Gasteiger partial charge is 0.256 e. The molecule has 1 aromatic heterocycles. The van der Waals surface area contributed by atoms with E-state index in [9.17, 15) is 4.79 Å². The zero-order valence-electron chi connectivity index (χ0n) is 9.77. The molecule has 18 heavy (non-hydrogen) atoms. The van der Waals surface area contributed by atoms with Gasteiger partial charge >= 0.3 is 0 Å². The van der Waals surface area contributed by atoms with Crippen molar-refractivity contribution in [2.24, 2.45) is 0 Å². The predicted molar refractivity (Wildman–Crippen MR) is 67.9 cm³/mol. The second-order valence-electron chi connectivity index (χ2n) is 3.60. The fraction of sp³-hybridized carbons (Fsp3) is 0.154. The van der Waals surface area contributed by atoms with Gasteiger partial charge < -0.3 is 14.5 Å². The topological polar surface area (TPSA) is 51.5 Å². The number of methoxy groups -OCH3 is 1. The van der Waals surface area contributed by atoms with E-state index in [1.54, 1.807) is 7.11 Å². The highest BCUT2D eigenvalue weighted by atomic mass is 35.5. The van der Waals surface area contributed by atoms with E-state index in [4.69, 9.17) is 20.8 Å². The Morgan fingerprint density at radius 2 is 2.17 bits per heavy atom. The van der Waals surface area contributed by atoms with E-state index in [2.05, 4.69) is 5.32 Å². The number of halogens is 1. The average molecular weight is 266 g/mol. The molecule has 0 unspecified atom stereocenters. The van der Waals surface area contributed by atoms with E-state index in [0.717, 1.165) is 11.3 Å². The molecule has 0 fully saturated rings. The van der Waals surface area contributed by atoms with E-state index in [1.165, 1.54) is 12.3 Å². The summed E-state index contributed by atoms with van der Waals surface area (Å²) in [5, 5.41) is 2.84. The zero-order valence-corrected chi connectivity index (χ0v) is 10.5. The quantitative estimate of drug-likeness (QED) is 0.925. The Kier molecular flexibility index (Phi) is 3.89. The number of hydrogen-bond donors (Lipinski definition) is 1. The van der Waals surface area contributed by atoms with Crippen molar-refractivity contribution in [1.82, 2.24) is 5.32 Å². The summed E-state index contributed by atoms with van der Waals surface area (Å²) in [7, 11) is 1.59. The number of nitrogens with one attached hydrogen (secondary N) is 1. The molecule has 1 heterocycles. The molecule has 0 aliphatic carbocycles. The summed E-state index contributed by atoms with van der Waals surface area (Å²) in [5.74, 6) is 0.454. The number of furan rings is 1. The van der Waals surface area contributed by atoms with Crippen molar-refractivity contribution in [2.75, 3.05) is 7.11 Å². The van der Waals surface area contributed by atoms with Crippen molar-refractivity contribution in [1.29, 1.82) is 0 Å². The molecule has 0 aliphatic rings. The van der Waals surface area contributed by atoms with E-state index in [-0.39, 0.29) is 11.1 Å². The maximum atomic E-state index is 11.8. The molecule has 1 N–H and O–H groups in total. The fourth-order valence-corrected chi connectivity index (χ4v) is 1.78. The molecule has 0 atom stereocenters. The van der Waals surface area contributed by atoms with Gasteiger partial charge in [0, 0.05) is 12.1 Å². The summed E-state index contributed by atoms with van der Waals surface area (Å²) in [6.07, 6.45) is 1.38. The molecule has 1 aromatic carbocycles. The summed E-state index contributed by atoms with van der Waals surface area (Å²) in [6, 6.07) is 9.01. The first-order chi connectivity index (χ1) is 8.72. The molecular weight excluding hydrogens is 254 g/mol. The third-order valence-electron chi connectivity index (χ3n) is 2.49. The molecule has 2 aromatic rings. The van der Waals surface area contributed by atoms with Gasteiger partial charge in [-0.25, -0.2) is 0 Å². The minimum absolute atomic E-state index is 0.0903. The third-order valence-corrected chi connectivity index (χ3v) is 2.79. The molecule has 4 nitrogen and oxygen atoms in total. The van der Waals surface area contributed by atoms with Gasteiger partial charge in [-0.1, -0.05) is 18.2 Å². The number of ether oxygens (including phenoxy) is 1. The minimum atomic E-state index is -0.278. The van der Waals surface area contributed by atoms with Crippen LogP contribution in [0.5, 0.6) is 5.75 Å². The summed E-state index contributed by atoms with van der Waals surface area (Å²) < 4.78 is 10.1. The summed E-state index contributed by atoms with van der Waals surface area (Å²) >= 11 is 5.72. The highest BCUT2D eigenvalue weighted by molar-refractivity contribution is 6.32. The highest BCUT2D eigenvalue weighted by Gasteiger charge is 2.13. The Morgan fingerprint density at radius 3 is 2.83 bits per heavy atom. The SMILES string of the molecule is COc1ccccc1CNC(=O)c1ccoc1Cl. The summed E-state index contributed by atoms with van der Waals surface area (Å²) in [5.41, 5.74) is 1.22. The lowest BCUT2D eigenvalue weighted by Crippen LogP contribution is -2.22. The first kappa shape index (κ1) is 12.5. The van der Waals surface area contributed by atoms with Crippen molar-refractivity contribution in [2.45, 2.75) is 6.54 Å². The Bertz CT molecular complexity index is 551. The van der Waals surface area contributed by atoms with Crippen LogP contribution >= 0.6 is 11.6 Å². The second-order valence-corrected chi connectivity index (χ2v) is 3.95. The predicted octanol–water partition coefficient (Wildman–Crippen LogP) is 2.87. The van der Waals surface area contributed by atoms with Crippen LogP contribution in [-0.4, -0.2) is 13.0 Å². The number of carbonyl (C=O) groups is 1. The molecule has 1 amide bonds. The lowest BCUT2D eigenvalue weighted by molar-refractivity contribution is 0.0950. The summed E-state index contributed by atoms with van der Waals surface area (Å²) in [4.78, 5) is 11.8. The van der Waals surface area contributed by atoms with Crippen LogP contribution < -0.4 is 10.1 Å². The van der Waals surface area contributed by atoms with E-state index in [1.807, 2.05) is 24.3 Å². The highest BCUT2D eigenvalue weighted by Crippen LogP contribution is 2.19. The van der Waals surface area contributed by atoms with Crippen LogP contribution in [0.25, 0.3) is 0 Å². The number of benzene rings is 1. The lowest BCUT2D eigenvalue weighted by atomic mass is 10.2. The normalized spacial score (nSPS) is 10.1. The lowest BCUT2D eigenvalue weighted by Gasteiger charge is -2.08. The molecular formula is C13H12ClNO3. The van der Waals surface area contributed by atoms with Crippen molar-refractivity contribution in [3.05, 3.63) is 52.9 Å². The molecule has 0 bridgehead atoms. The number of carbonyl (C=O) groups excluding carboxylic acids is 1. The van der Waals surface area contributed by atoms with Crippen molar-refractivity contribution in [3.63, 3.8) is 0 Å². The Morgan fingerprint density at radius 1 is 1.39 bits per heavy atom. The van der Waals surface area contributed by atoms with E-state index < -0.39 is 0 Å². The maximum Gasteiger partial charge on any atom is 0.256 e. The van der Waals surface area contributed by atoms with Crippen LogP contribution in [0.15, 0.2) is 41.0 Å². The molecule has 0 radical (unpaired) electrons. The van der Waals surface area contributed by atoms with Gasteiger partial charge in [0.25, 0.3) is 5.91 Å². The van der Waals surface area contributed by atoms with Gasteiger partial charge in [-0.05, 0) is 23.7 Å². The molecule has 0 aliphatic heterocycles. The van der Waals surface area contributed by atoms with Crippen LogP contribution in [0.1, 0.15) is 15.9 Å². The molecule has 94 valence electrons. The van der Waals surface area contributed by atoms with Gasteiger partial charge in [-0.3, -0.25) is 4.79 Å². The van der Waals surface area contributed by atoms with Crippen molar-refractivity contribution in [3.8, 4) is 5.75 Å². The molecule has 5 heteroatoms. The van der Waals surface area contributed by atoms with E-state index in [0.29, 0.717) is 12.1 Å². The van der Waals surface area contributed by atoms with Gasteiger partial charge in [0.15, 0.2) is 0 Å². The first-order valence-electron chi connectivity index (χ1n) is 5.35. The van der Waals surface area contributed by atoms with Gasteiger partial charge in [0.1, 0.15) is 5.75 Å². The Hall–Kier alpha value is -1.94. The molecule has 0 spiro atoms. The molecule has 2 rings (SSSR count). The van der Waals surface area contributed by atoms with Crippen LogP contribution in [-0.2, 0) is 6.54 Å². The van der Waals surface area contributed by atoms with Crippen molar-refractivity contribution >= 4 is 17.5 Å². The first-order valence-corrected chi connectivity index (χ1v) is 5.73. The van der Waals surface area contributed by atoms with Gasteiger partial charge in [0.05, 0.1) is 18.9 Å². The molecule has 0 saturated heterocycles.